The highest BCUT2D eigenvalue weighted by Gasteiger charge is 2.22. The normalized spacial score (nSPS) is 22.7. The molecule has 1 fully saturated rings. The van der Waals surface area contributed by atoms with E-state index in [9.17, 15) is 4.79 Å². The molecule has 106 valence electrons. The average molecular weight is 328 g/mol. The number of aromatic nitrogens is 2. The van der Waals surface area contributed by atoms with Crippen molar-refractivity contribution in [1.82, 2.24) is 9.78 Å². The largest absolute Gasteiger partial charge is 0.380 e. The number of aryl methyl sites for hydroxylation is 1. The number of unbranched alkanes of at least 4 members (excludes halogenated alkanes) is 1. The van der Waals surface area contributed by atoms with Gasteiger partial charge in [-0.2, -0.15) is 5.10 Å². The molecule has 0 radical (unpaired) electrons. The van der Waals surface area contributed by atoms with E-state index in [0.29, 0.717) is 17.1 Å². The highest BCUT2D eigenvalue weighted by Crippen LogP contribution is 2.28. The smallest absolute Gasteiger partial charge is 0.283 e. The predicted octanol–water partition coefficient (Wildman–Crippen LogP) is 3.41. The molecule has 0 amide bonds. The van der Waals surface area contributed by atoms with Gasteiger partial charge in [0.15, 0.2) is 0 Å². The fourth-order valence-electron chi connectivity index (χ4n) is 2.59. The SMILES string of the molecule is CCCCn1ncc(NC2CCC(C)C2)c(Br)c1=O. The third kappa shape index (κ3) is 3.59. The van der Waals surface area contributed by atoms with Gasteiger partial charge in [0, 0.05) is 12.6 Å². The molecule has 1 saturated carbocycles. The lowest BCUT2D eigenvalue weighted by atomic mass is 10.1. The molecule has 1 aliphatic carbocycles. The predicted molar refractivity (Wildman–Crippen MR) is 81.5 cm³/mol. The molecule has 2 atom stereocenters. The van der Waals surface area contributed by atoms with Crippen LogP contribution in [0.25, 0.3) is 0 Å². The Balaban J connectivity index is 2.10. The summed E-state index contributed by atoms with van der Waals surface area (Å²) < 4.78 is 2.15. The second-order valence-corrected chi connectivity index (χ2v) is 6.31. The Morgan fingerprint density at radius 1 is 1.53 bits per heavy atom. The van der Waals surface area contributed by atoms with Gasteiger partial charge < -0.3 is 5.32 Å². The molecule has 4 nitrogen and oxygen atoms in total. The summed E-state index contributed by atoms with van der Waals surface area (Å²) >= 11 is 3.41. The van der Waals surface area contributed by atoms with Gasteiger partial charge >= 0.3 is 0 Å². The number of hydrogen-bond donors (Lipinski definition) is 1. The standard InChI is InChI=1S/C14H22BrN3O/c1-3-4-7-18-14(19)13(15)12(9-16-18)17-11-6-5-10(2)8-11/h9-11,17H,3-8H2,1-2H3. The molecule has 1 aromatic rings. The fourth-order valence-corrected chi connectivity index (χ4v) is 3.01. The van der Waals surface area contributed by atoms with Crippen molar-refractivity contribution in [2.24, 2.45) is 5.92 Å². The number of nitrogens with one attached hydrogen (secondary N) is 1. The molecule has 0 bridgehead atoms. The van der Waals surface area contributed by atoms with Crippen molar-refractivity contribution in [2.45, 2.75) is 58.5 Å². The first-order valence-electron chi connectivity index (χ1n) is 7.14. The maximum Gasteiger partial charge on any atom is 0.283 e. The van der Waals surface area contributed by atoms with Crippen molar-refractivity contribution in [2.75, 3.05) is 5.32 Å². The molecular weight excluding hydrogens is 306 g/mol. The summed E-state index contributed by atoms with van der Waals surface area (Å²) in [6.45, 7) is 5.07. The maximum absolute atomic E-state index is 12.1. The van der Waals surface area contributed by atoms with Crippen molar-refractivity contribution >= 4 is 21.6 Å². The van der Waals surface area contributed by atoms with E-state index in [4.69, 9.17) is 0 Å². The minimum Gasteiger partial charge on any atom is -0.380 e. The minimum absolute atomic E-state index is 0.0375. The summed E-state index contributed by atoms with van der Waals surface area (Å²) in [6.07, 6.45) is 7.41. The first-order chi connectivity index (χ1) is 9.11. The summed E-state index contributed by atoms with van der Waals surface area (Å²) in [6, 6.07) is 0.471. The van der Waals surface area contributed by atoms with Gasteiger partial charge in [-0.25, -0.2) is 4.68 Å². The Bertz CT molecular complexity index is 486. The van der Waals surface area contributed by atoms with Crippen LogP contribution >= 0.6 is 15.9 Å². The Morgan fingerprint density at radius 3 is 2.95 bits per heavy atom. The van der Waals surface area contributed by atoms with Crippen LogP contribution in [0.15, 0.2) is 15.5 Å². The number of anilines is 1. The molecule has 0 aromatic carbocycles. The van der Waals surface area contributed by atoms with Crippen molar-refractivity contribution in [3.63, 3.8) is 0 Å². The molecule has 1 N–H and O–H groups in total. The molecule has 1 aliphatic rings. The number of nitrogens with zero attached hydrogens (tertiary/aromatic N) is 2. The van der Waals surface area contributed by atoms with Crippen molar-refractivity contribution in [1.29, 1.82) is 0 Å². The molecule has 0 spiro atoms. The summed E-state index contributed by atoms with van der Waals surface area (Å²) in [5.74, 6) is 0.772. The van der Waals surface area contributed by atoms with Crippen LogP contribution in [0.2, 0.25) is 0 Å². The summed E-state index contributed by atoms with van der Waals surface area (Å²) in [7, 11) is 0. The zero-order valence-corrected chi connectivity index (χ0v) is 13.2. The molecule has 2 rings (SSSR count). The molecular formula is C14H22BrN3O. The summed E-state index contributed by atoms with van der Waals surface area (Å²) in [5, 5.41) is 7.69. The van der Waals surface area contributed by atoms with Gasteiger partial charge in [0.2, 0.25) is 0 Å². The van der Waals surface area contributed by atoms with E-state index < -0.39 is 0 Å². The molecule has 19 heavy (non-hydrogen) atoms. The highest BCUT2D eigenvalue weighted by molar-refractivity contribution is 9.10. The summed E-state index contributed by atoms with van der Waals surface area (Å²) in [5.41, 5.74) is 0.793. The number of halogens is 1. The van der Waals surface area contributed by atoms with E-state index in [0.717, 1.165) is 24.4 Å². The highest BCUT2D eigenvalue weighted by atomic mass is 79.9. The lowest BCUT2D eigenvalue weighted by Crippen LogP contribution is -2.26. The van der Waals surface area contributed by atoms with E-state index in [1.165, 1.54) is 23.9 Å². The minimum atomic E-state index is -0.0375. The molecule has 5 heteroatoms. The van der Waals surface area contributed by atoms with Gasteiger partial charge in [-0.3, -0.25) is 4.79 Å². The summed E-state index contributed by atoms with van der Waals surface area (Å²) in [4.78, 5) is 12.1. The van der Waals surface area contributed by atoms with Gasteiger partial charge in [0.25, 0.3) is 5.56 Å². The molecule has 1 aromatic heterocycles. The van der Waals surface area contributed by atoms with Crippen molar-refractivity contribution in [3.8, 4) is 0 Å². The van der Waals surface area contributed by atoms with Crippen LogP contribution < -0.4 is 10.9 Å². The topological polar surface area (TPSA) is 46.9 Å². The molecule has 0 saturated heterocycles. The van der Waals surface area contributed by atoms with Crippen LogP contribution in [-0.4, -0.2) is 15.8 Å². The maximum atomic E-state index is 12.1. The van der Waals surface area contributed by atoms with Gasteiger partial charge in [-0.05, 0) is 47.5 Å². The number of hydrogen-bond acceptors (Lipinski definition) is 3. The zero-order valence-electron chi connectivity index (χ0n) is 11.7. The van der Waals surface area contributed by atoms with Crippen LogP contribution in [0.1, 0.15) is 46.0 Å². The Hall–Kier alpha value is -0.840. The lowest BCUT2D eigenvalue weighted by molar-refractivity contribution is 0.540. The van der Waals surface area contributed by atoms with E-state index in [2.05, 4.69) is 40.2 Å². The van der Waals surface area contributed by atoms with E-state index in [1.807, 2.05) is 0 Å². The second-order valence-electron chi connectivity index (χ2n) is 5.51. The second kappa shape index (κ2) is 6.55. The van der Waals surface area contributed by atoms with Crippen LogP contribution in [0.5, 0.6) is 0 Å². The van der Waals surface area contributed by atoms with E-state index in [-0.39, 0.29) is 5.56 Å². The van der Waals surface area contributed by atoms with Gasteiger partial charge in [-0.1, -0.05) is 20.3 Å². The Morgan fingerprint density at radius 2 is 2.32 bits per heavy atom. The molecule has 1 heterocycles. The third-order valence-corrected chi connectivity index (χ3v) is 4.53. The fraction of sp³-hybridized carbons (Fsp3) is 0.714. The van der Waals surface area contributed by atoms with Gasteiger partial charge in [0.1, 0.15) is 4.47 Å². The first kappa shape index (κ1) is 14.6. The van der Waals surface area contributed by atoms with Gasteiger partial charge in [0.05, 0.1) is 11.9 Å². The van der Waals surface area contributed by atoms with Crippen molar-refractivity contribution < 1.29 is 0 Å². The average Bonchev–Trinajstić information content (AvgIpc) is 2.80. The van der Waals surface area contributed by atoms with E-state index >= 15 is 0 Å². The molecule has 2 unspecified atom stereocenters. The van der Waals surface area contributed by atoms with Crippen LogP contribution in [0.3, 0.4) is 0 Å². The quantitative estimate of drug-likeness (QED) is 0.901. The lowest BCUT2D eigenvalue weighted by Gasteiger charge is -2.15. The molecule has 0 aliphatic heterocycles. The zero-order chi connectivity index (χ0) is 13.8. The Labute approximate surface area is 122 Å². The monoisotopic (exact) mass is 327 g/mol. The van der Waals surface area contributed by atoms with Gasteiger partial charge in [-0.15, -0.1) is 0 Å². The van der Waals surface area contributed by atoms with Crippen LogP contribution in [-0.2, 0) is 6.54 Å². The Kier molecular flexibility index (Phi) is 5.02. The van der Waals surface area contributed by atoms with Crippen LogP contribution in [0, 0.1) is 5.92 Å². The third-order valence-electron chi connectivity index (χ3n) is 3.76. The number of rotatable bonds is 5. The van der Waals surface area contributed by atoms with Crippen LogP contribution in [0.4, 0.5) is 5.69 Å². The van der Waals surface area contributed by atoms with Crippen molar-refractivity contribution in [3.05, 3.63) is 21.0 Å². The van der Waals surface area contributed by atoms with E-state index in [1.54, 1.807) is 6.20 Å². The first-order valence-corrected chi connectivity index (χ1v) is 7.93.